The highest BCUT2D eigenvalue weighted by molar-refractivity contribution is 5.79. The number of nitrogens with two attached hydrogens (primary N) is 1. The van der Waals surface area contributed by atoms with Crippen molar-refractivity contribution in [2.45, 2.75) is 19.4 Å². The number of likely N-dealkylation sites (N-methyl/N-ethyl adjacent to an activating group) is 1. The van der Waals surface area contributed by atoms with Gasteiger partial charge in [-0.05, 0) is 29.7 Å². The number of carbonyl (C=O) groups is 1. The molecule has 23 heavy (non-hydrogen) atoms. The van der Waals surface area contributed by atoms with E-state index < -0.39 is 0 Å². The average molecular weight is 314 g/mol. The van der Waals surface area contributed by atoms with Gasteiger partial charge in [0, 0.05) is 19.6 Å². The van der Waals surface area contributed by atoms with Crippen LogP contribution in [0.5, 0.6) is 0 Å². The molecule has 4 heteroatoms. The second-order valence-corrected chi connectivity index (χ2v) is 5.86. The van der Waals surface area contributed by atoms with Crippen molar-refractivity contribution in [3.05, 3.63) is 71.5 Å². The van der Waals surface area contributed by atoms with E-state index in [2.05, 4.69) is 0 Å². The van der Waals surface area contributed by atoms with Crippen molar-refractivity contribution in [2.24, 2.45) is 11.7 Å². The lowest BCUT2D eigenvalue weighted by molar-refractivity contribution is -0.134. The van der Waals surface area contributed by atoms with Crippen molar-refractivity contribution in [1.29, 1.82) is 0 Å². The Morgan fingerprint density at radius 3 is 2.35 bits per heavy atom. The Hall–Kier alpha value is -2.20. The van der Waals surface area contributed by atoms with E-state index in [1.165, 1.54) is 12.1 Å². The minimum atomic E-state index is -0.322. The molecule has 2 rings (SSSR count). The fourth-order valence-corrected chi connectivity index (χ4v) is 2.52. The standard InChI is InChI=1S/C19H23FN2O/c1-14(18(21)16-6-4-3-5-7-16)19(23)22(2)13-12-15-8-10-17(20)11-9-15/h3-11,14,18H,12-13,21H2,1-2H3. The number of amides is 1. The van der Waals surface area contributed by atoms with E-state index in [1.54, 1.807) is 24.1 Å². The number of carbonyl (C=O) groups excluding carboxylic acids is 1. The molecule has 2 aromatic carbocycles. The van der Waals surface area contributed by atoms with Crippen molar-refractivity contribution in [2.75, 3.05) is 13.6 Å². The quantitative estimate of drug-likeness (QED) is 0.890. The largest absolute Gasteiger partial charge is 0.345 e. The first-order valence-electron chi connectivity index (χ1n) is 7.79. The lowest BCUT2D eigenvalue weighted by atomic mass is 9.94. The highest BCUT2D eigenvalue weighted by Crippen LogP contribution is 2.20. The fourth-order valence-electron chi connectivity index (χ4n) is 2.52. The van der Waals surface area contributed by atoms with Crippen LogP contribution in [0.1, 0.15) is 24.1 Å². The molecule has 0 fully saturated rings. The van der Waals surface area contributed by atoms with E-state index in [-0.39, 0.29) is 23.7 Å². The summed E-state index contributed by atoms with van der Waals surface area (Å²) >= 11 is 0. The van der Waals surface area contributed by atoms with Crippen LogP contribution < -0.4 is 5.73 Å². The van der Waals surface area contributed by atoms with E-state index in [9.17, 15) is 9.18 Å². The van der Waals surface area contributed by atoms with Crippen LogP contribution in [0, 0.1) is 11.7 Å². The molecule has 2 unspecified atom stereocenters. The van der Waals surface area contributed by atoms with Crippen LogP contribution in [0.3, 0.4) is 0 Å². The van der Waals surface area contributed by atoms with Crippen LogP contribution in [0.2, 0.25) is 0 Å². The summed E-state index contributed by atoms with van der Waals surface area (Å²) in [6.45, 7) is 2.44. The lowest BCUT2D eigenvalue weighted by Crippen LogP contribution is -2.38. The summed E-state index contributed by atoms with van der Waals surface area (Å²) in [6, 6.07) is 15.7. The third kappa shape index (κ3) is 4.63. The van der Waals surface area contributed by atoms with Crippen molar-refractivity contribution >= 4 is 5.91 Å². The maximum Gasteiger partial charge on any atom is 0.227 e. The van der Waals surface area contributed by atoms with Gasteiger partial charge in [-0.15, -0.1) is 0 Å². The molecule has 3 nitrogen and oxygen atoms in total. The molecule has 0 radical (unpaired) electrons. The number of halogens is 1. The number of rotatable bonds is 6. The van der Waals surface area contributed by atoms with Crippen LogP contribution >= 0.6 is 0 Å². The Morgan fingerprint density at radius 1 is 1.13 bits per heavy atom. The highest BCUT2D eigenvalue weighted by atomic mass is 19.1. The van der Waals surface area contributed by atoms with E-state index in [4.69, 9.17) is 5.73 Å². The van der Waals surface area contributed by atoms with Gasteiger partial charge in [0.1, 0.15) is 5.82 Å². The molecular weight excluding hydrogens is 291 g/mol. The average Bonchev–Trinajstić information content (AvgIpc) is 2.59. The Labute approximate surface area is 136 Å². The molecule has 2 aromatic rings. The molecule has 0 aliphatic heterocycles. The molecule has 122 valence electrons. The predicted octanol–water partition coefficient (Wildman–Crippen LogP) is 3.16. The minimum absolute atomic E-state index is 0.0171. The summed E-state index contributed by atoms with van der Waals surface area (Å²) in [5.41, 5.74) is 8.18. The highest BCUT2D eigenvalue weighted by Gasteiger charge is 2.24. The molecule has 1 amide bonds. The molecule has 2 atom stereocenters. The normalized spacial score (nSPS) is 13.4. The Morgan fingerprint density at radius 2 is 1.74 bits per heavy atom. The van der Waals surface area contributed by atoms with Gasteiger partial charge in [-0.1, -0.05) is 49.4 Å². The molecule has 0 aliphatic carbocycles. The molecule has 0 bridgehead atoms. The van der Waals surface area contributed by atoms with Gasteiger partial charge in [-0.2, -0.15) is 0 Å². The van der Waals surface area contributed by atoms with Crippen LogP contribution in [0.4, 0.5) is 4.39 Å². The van der Waals surface area contributed by atoms with Crippen LogP contribution in [0.25, 0.3) is 0 Å². The van der Waals surface area contributed by atoms with Gasteiger partial charge >= 0.3 is 0 Å². The Balaban J connectivity index is 1.92. The second kappa shape index (κ2) is 7.88. The van der Waals surface area contributed by atoms with Gasteiger partial charge in [0.05, 0.1) is 5.92 Å². The topological polar surface area (TPSA) is 46.3 Å². The van der Waals surface area contributed by atoms with Gasteiger partial charge in [0.25, 0.3) is 0 Å². The molecule has 0 heterocycles. The van der Waals surface area contributed by atoms with E-state index in [0.717, 1.165) is 11.1 Å². The summed E-state index contributed by atoms with van der Waals surface area (Å²) in [4.78, 5) is 14.2. The number of hydrogen-bond acceptors (Lipinski definition) is 2. The predicted molar refractivity (Wildman–Crippen MR) is 90.3 cm³/mol. The van der Waals surface area contributed by atoms with Crippen molar-refractivity contribution < 1.29 is 9.18 Å². The van der Waals surface area contributed by atoms with Gasteiger partial charge < -0.3 is 10.6 Å². The maximum atomic E-state index is 12.9. The number of nitrogens with zero attached hydrogens (tertiary/aromatic N) is 1. The Kier molecular flexibility index (Phi) is 5.88. The monoisotopic (exact) mass is 314 g/mol. The van der Waals surface area contributed by atoms with E-state index >= 15 is 0 Å². The summed E-state index contributed by atoms with van der Waals surface area (Å²) in [7, 11) is 1.78. The van der Waals surface area contributed by atoms with Crippen LogP contribution in [-0.2, 0) is 11.2 Å². The second-order valence-electron chi connectivity index (χ2n) is 5.86. The summed E-state index contributed by atoms with van der Waals surface area (Å²) in [5.74, 6) is -0.528. The third-order valence-electron chi connectivity index (χ3n) is 4.14. The summed E-state index contributed by atoms with van der Waals surface area (Å²) in [6.07, 6.45) is 0.690. The first kappa shape index (κ1) is 17.2. The first-order chi connectivity index (χ1) is 11.0. The number of hydrogen-bond donors (Lipinski definition) is 1. The van der Waals surface area contributed by atoms with Gasteiger partial charge in [-0.25, -0.2) is 4.39 Å². The lowest BCUT2D eigenvalue weighted by Gasteiger charge is -2.25. The SMILES string of the molecule is CC(C(=O)N(C)CCc1ccc(F)cc1)C(N)c1ccccc1. The zero-order valence-corrected chi connectivity index (χ0v) is 13.6. The molecule has 0 spiro atoms. The molecule has 0 saturated heterocycles. The van der Waals surface area contributed by atoms with Gasteiger partial charge in [0.15, 0.2) is 0 Å². The molecule has 0 aliphatic rings. The van der Waals surface area contributed by atoms with Crippen molar-refractivity contribution in [3.8, 4) is 0 Å². The molecule has 2 N–H and O–H groups in total. The molecule has 0 aromatic heterocycles. The van der Waals surface area contributed by atoms with E-state index in [1.807, 2.05) is 37.3 Å². The molecular formula is C19H23FN2O. The zero-order chi connectivity index (χ0) is 16.8. The van der Waals surface area contributed by atoms with Gasteiger partial charge in [-0.3, -0.25) is 4.79 Å². The minimum Gasteiger partial charge on any atom is -0.345 e. The van der Waals surface area contributed by atoms with Gasteiger partial charge in [0.2, 0.25) is 5.91 Å². The first-order valence-corrected chi connectivity index (χ1v) is 7.79. The Bertz CT molecular complexity index is 628. The maximum absolute atomic E-state index is 12.9. The third-order valence-corrected chi connectivity index (χ3v) is 4.14. The van der Waals surface area contributed by atoms with Crippen molar-refractivity contribution in [3.63, 3.8) is 0 Å². The van der Waals surface area contributed by atoms with Crippen LogP contribution in [-0.4, -0.2) is 24.4 Å². The molecule has 0 saturated carbocycles. The van der Waals surface area contributed by atoms with E-state index in [0.29, 0.717) is 13.0 Å². The number of benzene rings is 2. The van der Waals surface area contributed by atoms with Crippen molar-refractivity contribution in [1.82, 2.24) is 4.90 Å². The smallest absolute Gasteiger partial charge is 0.227 e. The fraction of sp³-hybridized carbons (Fsp3) is 0.316. The van der Waals surface area contributed by atoms with Crippen LogP contribution in [0.15, 0.2) is 54.6 Å². The summed E-state index contributed by atoms with van der Waals surface area (Å²) in [5, 5.41) is 0. The zero-order valence-electron chi connectivity index (χ0n) is 13.6. The summed E-state index contributed by atoms with van der Waals surface area (Å²) < 4.78 is 12.9.